The summed E-state index contributed by atoms with van der Waals surface area (Å²) >= 11 is 0. The van der Waals surface area contributed by atoms with Crippen molar-refractivity contribution in [3.05, 3.63) is 60.7 Å². The second kappa shape index (κ2) is 5.43. The van der Waals surface area contributed by atoms with Crippen molar-refractivity contribution in [3.8, 4) is 34.7 Å². The molecule has 21 heavy (non-hydrogen) atoms. The van der Waals surface area contributed by atoms with Crippen molar-refractivity contribution in [3.63, 3.8) is 0 Å². The number of terminal acetylenes is 1. The van der Waals surface area contributed by atoms with Crippen LogP contribution in [0.5, 0.6) is 0 Å². The third-order valence-corrected chi connectivity index (χ3v) is 3.12. The molecule has 4 nitrogen and oxygen atoms in total. The zero-order chi connectivity index (χ0) is 14.7. The number of hydrogen-bond acceptors (Lipinski definition) is 4. The summed E-state index contributed by atoms with van der Waals surface area (Å²) in [5, 5.41) is 0. The highest BCUT2D eigenvalue weighted by Crippen LogP contribution is 2.32. The van der Waals surface area contributed by atoms with Gasteiger partial charge in [0.25, 0.3) is 0 Å². The Balaban J connectivity index is 2.29. The van der Waals surface area contributed by atoms with E-state index in [4.69, 9.17) is 12.2 Å². The van der Waals surface area contributed by atoms with Gasteiger partial charge in [-0.05, 0) is 24.3 Å². The number of anilines is 1. The van der Waals surface area contributed by atoms with Crippen LogP contribution < -0.4 is 5.73 Å². The summed E-state index contributed by atoms with van der Waals surface area (Å²) in [6, 6.07) is 9.48. The summed E-state index contributed by atoms with van der Waals surface area (Å²) in [7, 11) is 0. The van der Waals surface area contributed by atoms with E-state index in [1.807, 2.05) is 30.3 Å². The van der Waals surface area contributed by atoms with E-state index in [2.05, 4.69) is 20.9 Å². The van der Waals surface area contributed by atoms with Gasteiger partial charge in [0.2, 0.25) is 0 Å². The molecule has 3 aromatic heterocycles. The average molecular weight is 272 g/mol. The van der Waals surface area contributed by atoms with Crippen molar-refractivity contribution in [1.29, 1.82) is 0 Å². The standard InChI is InChI=1S/C17H12N4/c1-2-12-9-15(13-5-3-7-19-10-13)16(21-17(12)18)14-6-4-8-20-11-14/h1,3-11H,(H2,18,21). The second-order valence-electron chi connectivity index (χ2n) is 4.45. The zero-order valence-corrected chi connectivity index (χ0v) is 11.2. The molecule has 3 aromatic rings. The molecule has 0 aliphatic carbocycles. The van der Waals surface area contributed by atoms with E-state index in [9.17, 15) is 0 Å². The minimum atomic E-state index is 0.337. The number of aromatic nitrogens is 3. The van der Waals surface area contributed by atoms with Crippen LogP contribution in [0.15, 0.2) is 55.1 Å². The molecule has 100 valence electrons. The third-order valence-electron chi connectivity index (χ3n) is 3.12. The quantitative estimate of drug-likeness (QED) is 0.728. The molecule has 0 atom stereocenters. The molecule has 4 heteroatoms. The fraction of sp³-hybridized carbons (Fsp3) is 0. The van der Waals surface area contributed by atoms with Gasteiger partial charge in [0.05, 0.1) is 11.3 Å². The molecule has 0 aliphatic rings. The Bertz CT molecular complexity index is 805. The molecule has 3 heterocycles. The van der Waals surface area contributed by atoms with Crippen LogP contribution in [0.4, 0.5) is 5.82 Å². The predicted octanol–water partition coefficient (Wildman–Crippen LogP) is 2.77. The Morgan fingerprint density at radius 1 is 1.00 bits per heavy atom. The van der Waals surface area contributed by atoms with Crippen molar-refractivity contribution < 1.29 is 0 Å². The summed E-state index contributed by atoms with van der Waals surface area (Å²) in [4.78, 5) is 12.7. The van der Waals surface area contributed by atoms with E-state index in [0.717, 1.165) is 22.4 Å². The van der Waals surface area contributed by atoms with Crippen molar-refractivity contribution in [2.24, 2.45) is 0 Å². The predicted molar refractivity (Wildman–Crippen MR) is 83.0 cm³/mol. The Hall–Kier alpha value is -3.19. The average Bonchev–Trinajstić information content (AvgIpc) is 2.56. The van der Waals surface area contributed by atoms with E-state index in [0.29, 0.717) is 11.4 Å². The van der Waals surface area contributed by atoms with Crippen LogP contribution in [-0.2, 0) is 0 Å². The zero-order valence-electron chi connectivity index (χ0n) is 11.2. The highest BCUT2D eigenvalue weighted by molar-refractivity contribution is 5.82. The van der Waals surface area contributed by atoms with Gasteiger partial charge in [-0.15, -0.1) is 6.42 Å². The molecule has 3 rings (SSSR count). The first-order valence-corrected chi connectivity index (χ1v) is 6.37. The first kappa shape index (κ1) is 12.8. The minimum absolute atomic E-state index is 0.337. The van der Waals surface area contributed by atoms with Gasteiger partial charge in [-0.25, -0.2) is 4.98 Å². The highest BCUT2D eigenvalue weighted by atomic mass is 14.9. The monoisotopic (exact) mass is 272 g/mol. The van der Waals surface area contributed by atoms with Gasteiger partial charge in [0.15, 0.2) is 0 Å². The van der Waals surface area contributed by atoms with Crippen LogP contribution >= 0.6 is 0 Å². The Labute approximate surface area is 122 Å². The van der Waals surface area contributed by atoms with Crippen LogP contribution in [0.25, 0.3) is 22.4 Å². The summed E-state index contributed by atoms with van der Waals surface area (Å²) in [5.41, 5.74) is 9.94. The van der Waals surface area contributed by atoms with Crippen LogP contribution in [0, 0.1) is 12.3 Å². The molecule has 0 saturated heterocycles. The van der Waals surface area contributed by atoms with E-state index in [1.165, 1.54) is 0 Å². The maximum absolute atomic E-state index is 5.93. The summed E-state index contributed by atoms with van der Waals surface area (Å²) in [6.07, 6.45) is 12.4. The molecular weight excluding hydrogens is 260 g/mol. The van der Waals surface area contributed by atoms with Crippen molar-refractivity contribution in [1.82, 2.24) is 15.0 Å². The molecular formula is C17H12N4. The number of rotatable bonds is 2. The lowest BCUT2D eigenvalue weighted by atomic mass is 9.99. The Morgan fingerprint density at radius 2 is 1.67 bits per heavy atom. The summed E-state index contributed by atoms with van der Waals surface area (Å²) < 4.78 is 0. The topological polar surface area (TPSA) is 64.7 Å². The molecule has 0 saturated carbocycles. The number of nitrogens with zero attached hydrogens (tertiary/aromatic N) is 3. The maximum atomic E-state index is 5.93. The van der Waals surface area contributed by atoms with Crippen LogP contribution in [0.1, 0.15) is 5.56 Å². The van der Waals surface area contributed by atoms with E-state index in [1.54, 1.807) is 24.8 Å². The lowest BCUT2D eigenvalue weighted by molar-refractivity contribution is 1.27. The van der Waals surface area contributed by atoms with Crippen LogP contribution in [0.2, 0.25) is 0 Å². The fourth-order valence-corrected chi connectivity index (χ4v) is 2.11. The molecule has 0 aromatic carbocycles. The SMILES string of the molecule is C#Cc1cc(-c2cccnc2)c(-c2cccnc2)nc1N. The van der Waals surface area contributed by atoms with Crippen molar-refractivity contribution in [2.75, 3.05) is 5.73 Å². The van der Waals surface area contributed by atoms with E-state index >= 15 is 0 Å². The Kier molecular flexibility index (Phi) is 3.32. The van der Waals surface area contributed by atoms with Gasteiger partial charge < -0.3 is 5.73 Å². The van der Waals surface area contributed by atoms with E-state index in [-0.39, 0.29) is 0 Å². The molecule has 0 bridgehead atoms. The molecule has 0 radical (unpaired) electrons. The largest absolute Gasteiger partial charge is 0.383 e. The van der Waals surface area contributed by atoms with Gasteiger partial charge >= 0.3 is 0 Å². The number of hydrogen-bond donors (Lipinski definition) is 1. The maximum Gasteiger partial charge on any atom is 0.139 e. The van der Waals surface area contributed by atoms with Crippen molar-refractivity contribution >= 4 is 5.82 Å². The first-order chi connectivity index (χ1) is 10.3. The van der Waals surface area contributed by atoms with Gasteiger partial charge in [-0.3, -0.25) is 9.97 Å². The molecule has 0 aliphatic heterocycles. The number of nitrogens with two attached hydrogens (primary N) is 1. The number of nitrogen functional groups attached to an aromatic ring is 1. The third kappa shape index (κ3) is 2.45. The smallest absolute Gasteiger partial charge is 0.139 e. The van der Waals surface area contributed by atoms with Gasteiger partial charge in [-0.2, -0.15) is 0 Å². The van der Waals surface area contributed by atoms with E-state index < -0.39 is 0 Å². The lowest BCUT2D eigenvalue weighted by Gasteiger charge is -2.11. The van der Waals surface area contributed by atoms with Crippen molar-refractivity contribution in [2.45, 2.75) is 0 Å². The lowest BCUT2D eigenvalue weighted by Crippen LogP contribution is -1.99. The normalized spacial score (nSPS) is 10.0. The molecule has 0 spiro atoms. The molecule has 2 N–H and O–H groups in total. The summed E-state index contributed by atoms with van der Waals surface area (Å²) in [5.74, 6) is 2.90. The number of pyridine rings is 3. The van der Waals surface area contributed by atoms with Gasteiger partial charge in [-0.1, -0.05) is 12.0 Å². The molecule has 0 amide bonds. The fourth-order valence-electron chi connectivity index (χ4n) is 2.11. The van der Waals surface area contributed by atoms with Crippen LogP contribution in [-0.4, -0.2) is 15.0 Å². The molecule has 0 unspecified atom stereocenters. The minimum Gasteiger partial charge on any atom is -0.383 e. The second-order valence-corrected chi connectivity index (χ2v) is 4.45. The Morgan fingerprint density at radius 3 is 2.24 bits per heavy atom. The first-order valence-electron chi connectivity index (χ1n) is 6.37. The van der Waals surface area contributed by atoms with Gasteiger partial charge in [0.1, 0.15) is 5.82 Å². The summed E-state index contributed by atoms with van der Waals surface area (Å²) in [6.45, 7) is 0. The molecule has 0 fully saturated rings. The van der Waals surface area contributed by atoms with Crippen LogP contribution in [0.3, 0.4) is 0 Å². The highest BCUT2D eigenvalue weighted by Gasteiger charge is 2.13. The van der Waals surface area contributed by atoms with Gasteiger partial charge in [0, 0.05) is 41.5 Å².